The number of likely N-dealkylation sites (tertiary alicyclic amines) is 2. The SMILES string of the molecule is O=C(c1ccc(-c2ccc(OCC3CCN(CC4(C(F)(F)F)CCC4)CC3)nc2)c(F)c1)N1CCCC1. The smallest absolute Gasteiger partial charge is 0.395 e. The Balaban J connectivity index is 1.11. The minimum absolute atomic E-state index is 0.108. The predicted octanol–water partition coefficient (Wildman–Crippen LogP) is 5.95. The number of benzene rings is 1. The fraction of sp³-hybridized carbons (Fsp3) is 0.571. The average Bonchev–Trinajstić information content (AvgIpc) is 3.40. The molecule has 0 atom stereocenters. The topological polar surface area (TPSA) is 45.7 Å². The van der Waals surface area contributed by atoms with Gasteiger partial charge in [0.1, 0.15) is 5.82 Å². The molecule has 0 unspecified atom stereocenters. The highest BCUT2D eigenvalue weighted by molar-refractivity contribution is 5.95. The van der Waals surface area contributed by atoms with E-state index in [1.54, 1.807) is 35.4 Å². The van der Waals surface area contributed by atoms with Crippen molar-refractivity contribution >= 4 is 5.91 Å². The monoisotopic (exact) mass is 519 g/mol. The summed E-state index contributed by atoms with van der Waals surface area (Å²) in [5.74, 6) is 0.0806. The molecular weight excluding hydrogens is 486 g/mol. The van der Waals surface area contributed by atoms with E-state index >= 15 is 0 Å². The second-order valence-corrected chi connectivity index (χ2v) is 10.7. The van der Waals surface area contributed by atoms with Crippen LogP contribution in [0.5, 0.6) is 5.88 Å². The first kappa shape index (κ1) is 25.9. The Morgan fingerprint density at radius 1 is 1.03 bits per heavy atom. The zero-order valence-corrected chi connectivity index (χ0v) is 20.9. The van der Waals surface area contributed by atoms with E-state index in [4.69, 9.17) is 4.74 Å². The first-order chi connectivity index (χ1) is 17.7. The van der Waals surface area contributed by atoms with E-state index in [1.165, 1.54) is 6.07 Å². The van der Waals surface area contributed by atoms with E-state index in [9.17, 15) is 22.4 Å². The van der Waals surface area contributed by atoms with Gasteiger partial charge in [0.15, 0.2) is 0 Å². The van der Waals surface area contributed by atoms with Crippen molar-refractivity contribution in [3.05, 3.63) is 47.9 Å². The Bertz CT molecular complexity index is 1090. The molecule has 0 N–H and O–H groups in total. The Kier molecular flexibility index (Phi) is 7.43. The molecule has 0 radical (unpaired) electrons. The molecule has 1 aliphatic carbocycles. The molecule has 1 aromatic heterocycles. The molecule has 200 valence electrons. The van der Waals surface area contributed by atoms with Crippen molar-refractivity contribution in [2.24, 2.45) is 11.3 Å². The lowest BCUT2D eigenvalue weighted by Crippen LogP contribution is -2.53. The molecule has 1 aromatic carbocycles. The number of nitrogens with zero attached hydrogens (tertiary/aromatic N) is 3. The predicted molar refractivity (Wildman–Crippen MR) is 132 cm³/mol. The number of hydrogen-bond acceptors (Lipinski definition) is 4. The molecule has 5 nitrogen and oxygen atoms in total. The lowest BCUT2D eigenvalue weighted by atomic mass is 9.67. The van der Waals surface area contributed by atoms with Gasteiger partial charge in [0.05, 0.1) is 12.0 Å². The van der Waals surface area contributed by atoms with Crippen LogP contribution in [-0.4, -0.2) is 66.2 Å². The van der Waals surface area contributed by atoms with Gasteiger partial charge < -0.3 is 14.5 Å². The highest BCUT2D eigenvalue weighted by Crippen LogP contribution is 2.53. The normalized spacial score (nSPS) is 20.6. The van der Waals surface area contributed by atoms with E-state index in [1.807, 2.05) is 4.90 Å². The summed E-state index contributed by atoms with van der Waals surface area (Å²) < 4.78 is 61.1. The number of aromatic nitrogens is 1. The van der Waals surface area contributed by atoms with Crippen molar-refractivity contribution < 1.29 is 27.1 Å². The maximum atomic E-state index is 14.8. The minimum Gasteiger partial charge on any atom is -0.477 e. The van der Waals surface area contributed by atoms with Gasteiger partial charge >= 0.3 is 6.18 Å². The van der Waals surface area contributed by atoms with Crippen molar-refractivity contribution in [3.63, 3.8) is 0 Å². The number of piperidine rings is 1. The summed E-state index contributed by atoms with van der Waals surface area (Å²) in [6.45, 7) is 3.28. The fourth-order valence-corrected chi connectivity index (χ4v) is 5.69. The number of halogens is 4. The summed E-state index contributed by atoms with van der Waals surface area (Å²) in [6, 6.07) is 7.97. The molecule has 3 fully saturated rings. The number of carbonyl (C=O) groups is 1. The number of rotatable bonds is 7. The molecule has 3 heterocycles. The maximum absolute atomic E-state index is 14.8. The molecule has 3 aliphatic rings. The fourth-order valence-electron chi connectivity index (χ4n) is 5.69. The van der Waals surface area contributed by atoms with Crippen LogP contribution >= 0.6 is 0 Å². The Morgan fingerprint density at radius 3 is 2.32 bits per heavy atom. The zero-order valence-electron chi connectivity index (χ0n) is 20.9. The summed E-state index contributed by atoms with van der Waals surface area (Å²) in [6.07, 6.45) is 2.11. The van der Waals surface area contributed by atoms with Crippen molar-refractivity contribution in [1.29, 1.82) is 0 Å². The van der Waals surface area contributed by atoms with Crippen LogP contribution in [0.1, 0.15) is 55.3 Å². The number of alkyl halides is 3. The molecule has 9 heteroatoms. The van der Waals surface area contributed by atoms with Gasteiger partial charge in [-0.15, -0.1) is 0 Å². The van der Waals surface area contributed by atoms with Crippen molar-refractivity contribution in [3.8, 4) is 17.0 Å². The van der Waals surface area contributed by atoms with Crippen LogP contribution in [0.4, 0.5) is 17.6 Å². The van der Waals surface area contributed by atoms with Crippen LogP contribution in [0.3, 0.4) is 0 Å². The number of pyridine rings is 1. The third-order valence-electron chi connectivity index (χ3n) is 8.27. The van der Waals surface area contributed by atoms with Crippen molar-refractivity contribution in [2.75, 3.05) is 39.3 Å². The second-order valence-electron chi connectivity index (χ2n) is 10.7. The lowest BCUT2D eigenvalue weighted by Gasteiger charge is -2.47. The number of ether oxygens (including phenoxy) is 1. The summed E-state index contributed by atoms with van der Waals surface area (Å²) >= 11 is 0. The van der Waals surface area contributed by atoms with Crippen LogP contribution in [0.25, 0.3) is 11.1 Å². The molecule has 5 rings (SSSR count). The van der Waals surface area contributed by atoms with E-state index in [0.29, 0.717) is 61.8 Å². The van der Waals surface area contributed by atoms with Crippen LogP contribution in [0.15, 0.2) is 36.5 Å². The summed E-state index contributed by atoms with van der Waals surface area (Å²) in [7, 11) is 0. The van der Waals surface area contributed by atoms with Crippen LogP contribution in [0, 0.1) is 17.2 Å². The summed E-state index contributed by atoms with van der Waals surface area (Å²) in [5.41, 5.74) is -0.200. The molecular formula is C28H33F4N3O2. The molecule has 1 amide bonds. The molecule has 2 aromatic rings. The third-order valence-corrected chi connectivity index (χ3v) is 8.27. The standard InChI is InChI=1S/C28H33F4N3O2/c29-24-16-21(26(36)35-12-1-2-13-35)4-6-23(24)22-5-7-25(33-17-22)37-18-20-8-14-34(15-9-20)19-27(10-3-11-27)28(30,31)32/h4-7,16-17,20H,1-3,8-15,18-19H2. The van der Waals surface area contributed by atoms with Crippen molar-refractivity contribution in [1.82, 2.24) is 14.8 Å². The molecule has 0 bridgehead atoms. The summed E-state index contributed by atoms with van der Waals surface area (Å²) in [5, 5.41) is 0. The molecule has 2 saturated heterocycles. The van der Waals surface area contributed by atoms with E-state index in [-0.39, 0.29) is 31.2 Å². The van der Waals surface area contributed by atoms with Gasteiger partial charge in [-0.25, -0.2) is 9.37 Å². The summed E-state index contributed by atoms with van der Waals surface area (Å²) in [4.78, 5) is 20.5. The van der Waals surface area contributed by atoms with Gasteiger partial charge in [0.25, 0.3) is 5.91 Å². The Labute approximate surface area is 214 Å². The highest BCUT2D eigenvalue weighted by Gasteiger charge is 2.58. The van der Waals surface area contributed by atoms with E-state index < -0.39 is 17.4 Å². The van der Waals surface area contributed by atoms with E-state index in [2.05, 4.69) is 4.98 Å². The van der Waals surface area contributed by atoms with Crippen LogP contribution in [-0.2, 0) is 0 Å². The number of hydrogen-bond donors (Lipinski definition) is 0. The molecule has 0 spiro atoms. The second kappa shape index (κ2) is 10.6. The van der Waals surface area contributed by atoms with Crippen LogP contribution in [0.2, 0.25) is 0 Å². The van der Waals surface area contributed by atoms with Gasteiger partial charge in [-0.2, -0.15) is 13.2 Å². The third kappa shape index (κ3) is 5.61. The minimum atomic E-state index is -4.13. The Hall–Kier alpha value is -2.68. The van der Waals surface area contributed by atoms with Gasteiger partial charge in [-0.3, -0.25) is 4.79 Å². The number of carbonyl (C=O) groups excluding carboxylic acids is 1. The van der Waals surface area contributed by atoms with Gasteiger partial charge in [0.2, 0.25) is 5.88 Å². The zero-order chi connectivity index (χ0) is 26.0. The highest BCUT2D eigenvalue weighted by atomic mass is 19.4. The maximum Gasteiger partial charge on any atom is 0.395 e. The molecule has 37 heavy (non-hydrogen) atoms. The first-order valence-corrected chi connectivity index (χ1v) is 13.2. The first-order valence-electron chi connectivity index (χ1n) is 13.2. The van der Waals surface area contributed by atoms with Crippen molar-refractivity contribution in [2.45, 2.75) is 51.1 Å². The largest absolute Gasteiger partial charge is 0.477 e. The average molecular weight is 520 g/mol. The molecule has 2 aliphatic heterocycles. The van der Waals surface area contributed by atoms with Gasteiger partial charge in [-0.05, 0) is 75.7 Å². The lowest BCUT2D eigenvalue weighted by molar-refractivity contribution is -0.256. The van der Waals surface area contributed by atoms with Gasteiger partial charge in [-0.1, -0.05) is 12.5 Å². The van der Waals surface area contributed by atoms with E-state index in [0.717, 1.165) is 25.7 Å². The molecule has 1 saturated carbocycles. The van der Waals surface area contributed by atoms with Gasteiger partial charge in [0, 0.05) is 48.6 Å². The number of amides is 1. The quantitative estimate of drug-likeness (QED) is 0.425. The van der Waals surface area contributed by atoms with Crippen LogP contribution < -0.4 is 4.74 Å². The Morgan fingerprint density at radius 2 is 1.76 bits per heavy atom.